The Morgan fingerprint density at radius 3 is 2.95 bits per heavy atom. The van der Waals surface area contributed by atoms with E-state index in [2.05, 4.69) is 44.3 Å². The zero-order valence-electron chi connectivity index (χ0n) is 12.3. The maximum absolute atomic E-state index is 10.4. The van der Waals surface area contributed by atoms with Gasteiger partial charge in [-0.3, -0.25) is 0 Å². The van der Waals surface area contributed by atoms with Gasteiger partial charge < -0.3 is 10.1 Å². The Balaban J connectivity index is 2.13. The van der Waals surface area contributed by atoms with Crippen molar-refractivity contribution in [1.82, 2.24) is 5.32 Å². The molecule has 0 radical (unpaired) electrons. The summed E-state index contributed by atoms with van der Waals surface area (Å²) in [5, 5.41) is 3.64. The minimum absolute atomic E-state index is 0.352. The highest BCUT2D eigenvalue weighted by Gasteiger charge is 2.31. The third kappa shape index (κ3) is 3.66. The second-order valence-electron chi connectivity index (χ2n) is 6.56. The molecule has 1 atom stereocenters. The number of hydrogen-bond acceptors (Lipinski definition) is 2. The first-order chi connectivity index (χ1) is 9.02. The Hall–Kier alpha value is -1.15. The summed E-state index contributed by atoms with van der Waals surface area (Å²) in [6.45, 7) is 7.77. The normalized spacial score (nSPS) is 20.9. The van der Waals surface area contributed by atoms with Crippen molar-refractivity contribution >= 4 is 6.29 Å². The number of hydrogen-bond donors (Lipinski definition) is 1. The summed E-state index contributed by atoms with van der Waals surface area (Å²) in [4.78, 5) is 10.4. The molecule has 0 heterocycles. The van der Waals surface area contributed by atoms with Crippen molar-refractivity contribution in [3.8, 4) is 0 Å². The van der Waals surface area contributed by atoms with Crippen molar-refractivity contribution in [3.05, 3.63) is 34.9 Å². The average Bonchev–Trinajstić information content (AvgIpc) is 2.34. The molecule has 0 aromatic heterocycles. The highest BCUT2D eigenvalue weighted by molar-refractivity contribution is 5.49. The summed E-state index contributed by atoms with van der Waals surface area (Å²) in [5.74, 6) is 0. The predicted octanol–water partition coefficient (Wildman–Crippen LogP) is 3.58. The van der Waals surface area contributed by atoms with Crippen LogP contribution < -0.4 is 5.32 Å². The molecule has 0 saturated heterocycles. The molecule has 19 heavy (non-hydrogen) atoms. The molecule has 0 aliphatic heterocycles. The first kappa shape index (κ1) is 14.3. The van der Waals surface area contributed by atoms with Crippen LogP contribution in [-0.4, -0.2) is 12.8 Å². The SMILES string of the molecule is Cc1ccc2c(c1)C(NCCCC=O)CC(C)(C)C2. The second-order valence-corrected chi connectivity index (χ2v) is 6.56. The Morgan fingerprint density at radius 2 is 2.21 bits per heavy atom. The van der Waals surface area contributed by atoms with Gasteiger partial charge in [-0.25, -0.2) is 0 Å². The number of aryl methyl sites for hydroxylation is 1. The van der Waals surface area contributed by atoms with E-state index in [1.54, 1.807) is 0 Å². The molecular formula is C17H25NO. The molecule has 0 spiro atoms. The van der Waals surface area contributed by atoms with Gasteiger partial charge in [0.15, 0.2) is 0 Å². The molecule has 0 amide bonds. The van der Waals surface area contributed by atoms with Crippen LogP contribution >= 0.6 is 0 Å². The fourth-order valence-corrected chi connectivity index (χ4v) is 3.09. The summed E-state index contributed by atoms with van der Waals surface area (Å²) in [7, 11) is 0. The largest absolute Gasteiger partial charge is 0.310 e. The zero-order valence-corrected chi connectivity index (χ0v) is 12.3. The molecule has 0 fully saturated rings. The average molecular weight is 259 g/mol. The molecule has 0 bridgehead atoms. The molecule has 2 heteroatoms. The topological polar surface area (TPSA) is 29.1 Å². The van der Waals surface area contributed by atoms with Crippen molar-refractivity contribution in [3.63, 3.8) is 0 Å². The number of rotatable bonds is 5. The molecule has 2 rings (SSSR count). The third-order valence-electron chi connectivity index (χ3n) is 3.99. The van der Waals surface area contributed by atoms with Crippen molar-refractivity contribution in [1.29, 1.82) is 0 Å². The summed E-state index contributed by atoms with van der Waals surface area (Å²) >= 11 is 0. The van der Waals surface area contributed by atoms with E-state index in [1.807, 2.05) is 0 Å². The number of carbonyl (C=O) groups excluding carboxylic acids is 1. The number of fused-ring (bicyclic) bond motifs is 1. The molecule has 1 aliphatic carbocycles. The summed E-state index contributed by atoms with van der Waals surface area (Å²) < 4.78 is 0. The van der Waals surface area contributed by atoms with Crippen LogP contribution in [0.2, 0.25) is 0 Å². The van der Waals surface area contributed by atoms with Crippen molar-refractivity contribution in [2.24, 2.45) is 5.41 Å². The van der Waals surface area contributed by atoms with Gasteiger partial charge in [0, 0.05) is 12.5 Å². The molecule has 1 aliphatic rings. The van der Waals surface area contributed by atoms with E-state index >= 15 is 0 Å². The van der Waals surface area contributed by atoms with Gasteiger partial charge in [0.25, 0.3) is 0 Å². The van der Waals surface area contributed by atoms with Crippen LogP contribution in [0.4, 0.5) is 0 Å². The molecule has 2 nitrogen and oxygen atoms in total. The Morgan fingerprint density at radius 1 is 1.42 bits per heavy atom. The Labute approximate surface area is 116 Å². The lowest BCUT2D eigenvalue weighted by atomic mass is 9.71. The van der Waals surface area contributed by atoms with Crippen LogP contribution in [0.3, 0.4) is 0 Å². The molecule has 1 N–H and O–H groups in total. The lowest BCUT2D eigenvalue weighted by Crippen LogP contribution is -2.34. The van der Waals surface area contributed by atoms with Crippen LogP contribution in [0.15, 0.2) is 18.2 Å². The molecule has 0 saturated carbocycles. The van der Waals surface area contributed by atoms with Gasteiger partial charge in [-0.05, 0) is 49.3 Å². The fraction of sp³-hybridized carbons (Fsp3) is 0.588. The molecule has 1 aromatic carbocycles. The lowest BCUT2D eigenvalue weighted by Gasteiger charge is -2.37. The van der Waals surface area contributed by atoms with E-state index in [4.69, 9.17) is 0 Å². The van der Waals surface area contributed by atoms with Gasteiger partial charge in [0.1, 0.15) is 6.29 Å². The molecule has 1 aromatic rings. The van der Waals surface area contributed by atoms with Crippen LogP contribution in [-0.2, 0) is 11.2 Å². The Bertz CT molecular complexity index is 451. The van der Waals surface area contributed by atoms with E-state index in [0.29, 0.717) is 17.9 Å². The number of nitrogens with one attached hydrogen (secondary N) is 1. The van der Waals surface area contributed by atoms with Gasteiger partial charge in [-0.2, -0.15) is 0 Å². The van der Waals surface area contributed by atoms with Crippen LogP contribution in [0.1, 0.15) is 55.8 Å². The number of benzene rings is 1. The number of unbranched alkanes of at least 4 members (excludes halogenated alkanes) is 1. The quantitative estimate of drug-likeness (QED) is 0.647. The highest BCUT2D eigenvalue weighted by atomic mass is 16.1. The maximum Gasteiger partial charge on any atom is 0.120 e. The predicted molar refractivity (Wildman–Crippen MR) is 79.3 cm³/mol. The van der Waals surface area contributed by atoms with Crippen LogP contribution in [0.5, 0.6) is 0 Å². The Kier molecular flexibility index (Phi) is 4.41. The van der Waals surface area contributed by atoms with E-state index in [1.165, 1.54) is 23.1 Å². The van der Waals surface area contributed by atoms with Gasteiger partial charge in [0.2, 0.25) is 0 Å². The minimum atomic E-state index is 0.352. The standard InChI is InChI=1S/C17H25NO/c1-13-6-7-14-11-17(2,3)12-16(15(14)10-13)18-8-4-5-9-19/h6-7,9-10,16,18H,4-5,8,11-12H2,1-3H3. The van der Waals surface area contributed by atoms with Gasteiger partial charge in [0.05, 0.1) is 0 Å². The summed E-state index contributed by atoms with van der Waals surface area (Å²) in [6.07, 6.45) is 4.93. The highest BCUT2D eigenvalue weighted by Crippen LogP contribution is 2.40. The van der Waals surface area contributed by atoms with Crippen molar-refractivity contribution in [2.75, 3.05) is 6.54 Å². The molecular weight excluding hydrogens is 234 g/mol. The minimum Gasteiger partial charge on any atom is -0.310 e. The van der Waals surface area contributed by atoms with Gasteiger partial charge in [-0.15, -0.1) is 0 Å². The smallest absolute Gasteiger partial charge is 0.120 e. The summed E-state index contributed by atoms with van der Waals surface area (Å²) in [5.41, 5.74) is 4.63. The van der Waals surface area contributed by atoms with Gasteiger partial charge >= 0.3 is 0 Å². The second kappa shape index (κ2) is 5.87. The third-order valence-corrected chi connectivity index (χ3v) is 3.99. The van der Waals surface area contributed by atoms with E-state index < -0.39 is 0 Å². The molecule has 104 valence electrons. The van der Waals surface area contributed by atoms with Crippen LogP contribution in [0.25, 0.3) is 0 Å². The van der Waals surface area contributed by atoms with Crippen LogP contribution in [0, 0.1) is 12.3 Å². The van der Waals surface area contributed by atoms with Crippen molar-refractivity contribution in [2.45, 2.75) is 52.5 Å². The zero-order chi connectivity index (χ0) is 13.9. The van der Waals surface area contributed by atoms with E-state index in [0.717, 1.165) is 25.7 Å². The first-order valence-corrected chi connectivity index (χ1v) is 7.28. The molecule has 1 unspecified atom stereocenters. The lowest BCUT2D eigenvalue weighted by molar-refractivity contribution is -0.107. The maximum atomic E-state index is 10.4. The van der Waals surface area contributed by atoms with E-state index in [-0.39, 0.29) is 0 Å². The fourth-order valence-electron chi connectivity index (χ4n) is 3.09. The van der Waals surface area contributed by atoms with E-state index in [9.17, 15) is 4.79 Å². The monoisotopic (exact) mass is 259 g/mol. The number of aldehydes is 1. The summed E-state index contributed by atoms with van der Waals surface area (Å²) in [6, 6.07) is 7.25. The number of carbonyl (C=O) groups is 1. The first-order valence-electron chi connectivity index (χ1n) is 7.28. The van der Waals surface area contributed by atoms with Crippen molar-refractivity contribution < 1.29 is 4.79 Å². The van der Waals surface area contributed by atoms with Gasteiger partial charge in [-0.1, -0.05) is 37.6 Å².